The molecule has 0 aliphatic heterocycles. The van der Waals surface area contributed by atoms with E-state index in [0.717, 1.165) is 12.8 Å². The van der Waals surface area contributed by atoms with Gasteiger partial charge in [0.2, 0.25) is 10.0 Å². The molecule has 0 aromatic rings. The minimum Gasteiger partial charge on any atom is -0.313 e. The Labute approximate surface area is 113 Å². The number of rotatable bonds is 9. The first-order chi connectivity index (χ1) is 8.15. The smallest absolute Gasteiger partial charge is 0.215 e. The Morgan fingerprint density at radius 2 is 1.50 bits per heavy atom. The van der Waals surface area contributed by atoms with Gasteiger partial charge in [0.15, 0.2) is 0 Å². The van der Waals surface area contributed by atoms with Crippen molar-refractivity contribution in [3.05, 3.63) is 0 Å². The summed E-state index contributed by atoms with van der Waals surface area (Å²) in [5.74, 6) is 0.608. The maximum absolute atomic E-state index is 12.0. The molecule has 2 atom stereocenters. The Morgan fingerprint density at radius 3 is 1.94 bits per heavy atom. The highest BCUT2D eigenvalue weighted by atomic mass is 32.2. The highest BCUT2D eigenvalue weighted by Crippen LogP contribution is 2.08. The molecule has 110 valence electrons. The Kier molecular flexibility index (Phi) is 8.06. The van der Waals surface area contributed by atoms with Gasteiger partial charge in [0, 0.05) is 18.6 Å². The van der Waals surface area contributed by atoms with Crippen LogP contribution in [0.1, 0.15) is 54.4 Å². The predicted molar refractivity (Wildman–Crippen MR) is 78.2 cm³/mol. The van der Waals surface area contributed by atoms with E-state index in [1.54, 1.807) is 6.92 Å². The topological polar surface area (TPSA) is 58.2 Å². The SMILES string of the molecule is CC(C)CCC(C)NS(=O)(=O)C(C)CNC(C)C. The van der Waals surface area contributed by atoms with E-state index in [9.17, 15) is 8.42 Å². The quantitative estimate of drug-likeness (QED) is 0.679. The van der Waals surface area contributed by atoms with Crippen LogP contribution in [0.25, 0.3) is 0 Å². The van der Waals surface area contributed by atoms with Crippen LogP contribution in [-0.4, -0.2) is 32.3 Å². The molecule has 0 bridgehead atoms. The van der Waals surface area contributed by atoms with Crippen LogP contribution in [0.3, 0.4) is 0 Å². The average molecular weight is 278 g/mol. The maximum Gasteiger partial charge on any atom is 0.215 e. The molecule has 0 saturated carbocycles. The third-order valence-corrected chi connectivity index (χ3v) is 4.84. The first-order valence-electron chi connectivity index (χ1n) is 6.89. The van der Waals surface area contributed by atoms with Gasteiger partial charge in [-0.3, -0.25) is 0 Å². The van der Waals surface area contributed by atoms with Crippen molar-refractivity contribution in [2.45, 2.75) is 71.7 Å². The van der Waals surface area contributed by atoms with Gasteiger partial charge in [0.1, 0.15) is 0 Å². The summed E-state index contributed by atoms with van der Waals surface area (Å²) in [6.07, 6.45) is 1.93. The van der Waals surface area contributed by atoms with Crippen molar-refractivity contribution in [3.63, 3.8) is 0 Å². The lowest BCUT2D eigenvalue weighted by Gasteiger charge is -2.20. The summed E-state index contributed by atoms with van der Waals surface area (Å²) in [5, 5.41) is 2.75. The molecule has 2 N–H and O–H groups in total. The van der Waals surface area contributed by atoms with Crippen LogP contribution in [0.5, 0.6) is 0 Å². The van der Waals surface area contributed by atoms with Crippen LogP contribution in [0, 0.1) is 5.92 Å². The summed E-state index contributed by atoms with van der Waals surface area (Å²) in [6, 6.07) is 0.319. The second-order valence-corrected chi connectivity index (χ2v) is 8.04. The summed E-state index contributed by atoms with van der Waals surface area (Å²) < 4.78 is 26.9. The van der Waals surface area contributed by atoms with Gasteiger partial charge in [-0.15, -0.1) is 0 Å². The zero-order chi connectivity index (χ0) is 14.3. The molecular formula is C13H30N2O2S. The third-order valence-electron chi connectivity index (χ3n) is 2.89. The third kappa shape index (κ3) is 8.06. The van der Waals surface area contributed by atoms with Gasteiger partial charge >= 0.3 is 0 Å². The van der Waals surface area contributed by atoms with E-state index in [0.29, 0.717) is 18.5 Å². The van der Waals surface area contributed by atoms with Gasteiger partial charge in [-0.2, -0.15) is 0 Å². The molecule has 0 heterocycles. The van der Waals surface area contributed by atoms with Crippen LogP contribution in [0.15, 0.2) is 0 Å². The molecule has 0 aliphatic rings. The van der Waals surface area contributed by atoms with Crippen LogP contribution < -0.4 is 10.0 Å². The molecule has 0 amide bonds. The van der Waals surface area contributed by atoms with E-state index < -0.39 is 15.3 Å². The molecule has 2 unspecified atom stereocenters. The molecule has 18 heavy (non-hydrogen) atoms. The monoisotopic (exact) mass is 278 g/mol. The van der Waals surface area contributed by atoms with Crippen molar-refractivity contribution in [1.29, 1.82) is 0 Å². The van der Waals surface area contributed by atoms with Gasteiger partial charge < -0.3 is 5.32 Å². The lowest BCUT2D eigenvalue weighted by molar-refractivity contribution is 0.479. The second kappa shape index (κ2) is 8.12. The van der Waals surface area contributed by atoms with Crippen molar-refractivity contribution < 1.29 is 8.42 Å². The van der Waals surface area contributed by atoms with Crippen LogP contribution in [-0.2, 0) is 10.0 Å². The molecule has 0 fully saturated rings. The second-order valence-electron chi connectivity index (χ2n) is 5.91. The van der Waals surface area contributed by atoms with Gasteiger partial charge in [-0.1, -0.05) is 27.7 Å². The fraction of sp³-hybridized carbons (Fsp3) is 1.00. The fourth-order valence-corrected chi connectivity index (χ4v) is 2.78. The van der Waals surface area contributed by atoms with Gasteiger partial charge in [-0.05, 0) is 32.6 Å². The molecule has 0 radical (unpaired) electrons. The molecule has 0 aromatic heterocycles. The van der Waals surface area contributed by atoms with E-state index in [1.807, 2.05) is 20.8 Å². The van der Waals surface area contributed by atoms with E-state index in [2.05, 4.69) is 23.9 Å². The van der Waals surface area contributed by atoms with Crippen LogP contribution in [0.2, 0.25) is 0 Å². The minimum absolute atomic E-state index is 0.0129. The zero-order valence-electron chi connectivity index (χ0n) is 12.7. The van der Waals surface area contributed by atoms with Crippen LogP contribution in [0.4, 0.5) is 0 Å². The highest BCUT2D eigenvalue weighted by Gasteiger charge is 2.22. The number of hydrogen-bond acceptors (Lipinski definition) is 3. The Morgan fingerprint density at radius 1 is 0.944 bits per heavy atom. The highest BCUT2D eigenvalue weighted by molar-refractivity contribution is 7.90. The first kappa shape index (κ1) is 17.9. The summed E-state index contributed by atoms with van der Waals surface area (Å²) in [5.41, 5.74) is 0. The van der Waals surface area contributed by atoms with Gasteiger partial charge in [-0.25, -0.2) is 13.1 Å². The van der Waals surface area contributed by atoms with Crippen molar-refractivity contribution in [2.24, 2.45) is 5.92 Å². The van der Waals surface area contributed by atoms with Crippen molar-refractivity contribution >= 4 is 10.0 Å². The Balaban J connectivity index is 4.20. The average Bonchev–Trinajstić information content (AvgIpc) is 2.22. The maximum atomic E-state index is 12.0. The molecule has 5 heteroatoms. The molecule has 0 spiro atoms. The summed E-state index contributed by atoms with van der Waals surface area (Å²) in [4.78, 5) is 0. The number of sulfonamides is 1. The number of nitrogens with one attached hydrogen (secondary N) is 2. The van der Waals surface area contributed by atoms with E-state index in [4.69, 9.17) is 0 Å². The van der Waals surface area contributed by atoms with Gasteiger partial charge in [0.25, 0.3) is 0 Å². The van der Waals surface area contributed by atoms with E-state index in [-0.39, 0.29) is 6.04 Å². The normalized spacial score (nSPS) is 16.2. The van der Waals surface area contributed by atoms with Crippen LogP contribution >= 0.6 is 0 Å². The van der Waals surface area contributed by atoms with E-state index >= 15 is 0 Å². The molecular weight excluding hydrogens is 248 g/mol. The van der Waals surface area contributed by atoms with Gasteiger partial charge in [0.05, 0.1) is 5.25 Å². The lowest BCUT2D eigenvalue weighted by Crippen LogP contribution is -2.43. The summed E-state index contributed by atoms with van der Waals surface area (Å²) >= 11 is 0. The molecule has 0 saturated heterocycles. The number of hydrogen-bond donors (Lipinski definition) is 2. The standard InChI is InChI=1S/C13H30N2O2S/c1-10(2)7-8-12(5)15-18(16,17)13(6)9-14-11(3)4/h10-15H,7-9H2,1-6H3. The molecule has 0 rings (SSSR count). The lowest BCUT2D eigenvalue weighted by atomic mass is 10.1. The largest absolute Gasteiger partial charge is 0.313 e. The molecule has 4 nitrogen and oxygen atoms in total. The Hall–Kier alpha value is -0.130. The molecule has 0 aliphatic carbocycles. The Bertz CT molecular complexity index is 313. The predicted octanol–water partition coefficient (Wildman–Crippen LogP) is 2.12. The summed E-state index contributed by atoms with van der Waals surface area (Å²) in [7, 11) is -3.22. The first-order valence-corrected chi connectivity index (χ1v) is 8.44. The zero-order valence-corrected chi connectivity index (χ0v) is 13.5. The molecule has 0 aromatic carbocycles. The van der Waals surface area contributed by atoms with Crippen molar-refractivity contribution in [1.82, 2.24) is 10.0 Å². The van der Waals surface area contributed by atoms with E-state index in [1.165, 1.54) is 0 Å². The van der Waals surface area contributed by atoms with Crippen molar-refractivity contribution in [3.8, 4) is 0 Å². The fourth-order valence-electron chi connectivity index (χ4n) is 1.55. The minimum atomic E-state index is -3.22. The van der Waals surface area contributed by atoms with Crippen molar-refractivity contribution in [2.75, 3.05) is 6.54 Å². The summed E-state index contributed by atoms with van der Waals surface area (Å²) in [6.45, 7) is 12.5.